The Balaban J connectivity index is 1.84. The molecule has 1 aromatic rings. The molecule has 2 aliphatic rings. The number of esters is 1. The number of benzene rings is 1. The highest BCUT2D eigenvalue weighted by Crippen LogP contribution is 2.37. The minimum absolute atomic E-state index is 0.0169. The quantitative estimate of drug-likeness (QED) is 0.776. The minimum Gasteiger partial charge on any atom is -0.462 e. The first-order valence-electron chi connectivity index (χ1n) is 7.21. The molecule has 6 nitrogen and oxygen atoms in total. The van der Waals surface area contributed by atoms with Gasteiger partial charge in [0.2, 0.25) is 5.91 Å². The number of ether oxygens (including phenoxy) is 1. The van der Waals surface area contributed by atoms with Crippen LogP contribution >= 0.6 is 0 Å². The molecule has 0 saturated carbocycles. The van der Waals surface area contributed by atoms with Crippen LogP contribution in [0.1, 0.15) is 23.7 Å². The summed E-state index contributed by atoms with van der Waals surface area (Å²) >= 11 is 0. The Kier molecular flexibility index (Phi) is 3.68. The van der Waals surface area contributed by atoms with Crippen LogP contribution in [-0.4, -0.2) is 44.4 Å². The molecular weight excluding hydrogens is 306 g/mol. The van der Waals surface area contributed by atoms with E-state index >= 15 is 0 Å². The lowest BCUT2D eigenvalue weighted by molar-refractivity contribution is -0.117. The van der Waals surface area contributed by atoms with Crippen LogP contribution in [0.2, 0.25) is 0 Å². The van der Waals surface area contributed by atoms with Gasteiger partial charge in [-0.3, -0.25) is 4.79 Å². The Morgan fingerprint density at radius 2 is 1.95 bits per heavy atom. The van der Waals surface area contributed by atoms with Gasteiger partial charge < -0.3 is 9.64 Å². The summed E-state index contributed by atoms with van der Waals surface area (Å²) in [5, 5.41) is 0. The molecule has 0 aromatic heterocycles. The molecule has 1 amide bonds. The predicted octanol–water partition coefficient (Wildman–Crippen LogP) is 1.01. The largest absolute Gasteiger partial charge is 0.462 e. The van der Waals surface area contributed by atoms with E-state index in [1.165, 1.54) is 0 Å². The van der Waals surface area contributed by atoms with Gasteiger partial charge in [0.15, 0.2) is 9.84 Å². The van der Waals surface area contributed by atoms with Crippen molar-refractivity contribution in [2.24, 2.45) is 5.92 Å². The van der Waals surface area contributed by atoms with Crippen LogP contribution in [0.4, 0.5) is 5.69 Å². The number of hydrogen-bond acceptors (Lipinski definition) is 5. The number of carbonyl (C=O) groups is 2. The number of nitrogens with zero attached hydrogens (tertiary/aromatic N) is 1. The Morgan fingerprint density at radius 3 is 2.59 bits per heavy atom. The third kappa shape index (κ3) is 2.61. The average molecular weight is 323 g/mol. The molecule has 3 rings (SSSR count). The van der Waals surface area contributed by atoms with E-state index < -0.39 is 15.8 Å². The zero-order valence-corrected chi connectivity index (χ0v) is 13.0. The van der Waals surface area contributed by atoms with Gasteiger partial charge in [-0.15, -0.1) is 0 Å². The summed E-state index contributed by atoms with van der Waals surface area (Å²) in [4.78, 5) is 25.3. The van der Waals surface area contributed by atoms with Crippen molar-refractivity contribution in [1.82, 2.24) is 0 Å². The van der Waals surface area contributed by atoms with E-state index in [-0.39, 0.29) is 35.8 Å². The van der Waals surface area contributed by atoms with E-state index in [0.717, 1.165) is 0 Å². The van der Waals surface area contributed by atoms with E-state index in [0.29, 0.717) is 17.9 Å². The fourth-order valence-electron chi connectivity index (χ4n) is 3.20. The van der Waals surface area contributed by atoms with E-state index in [9.17, 15) is 18.0 Å². The highest BCUT2D eigenvalue weighted by Gasteiger charge is 2.49. The maximum Gasteiger partial charge on any atom is 0.338 e. The molecule has 0 bridgehead atoms. The molecule has 1 aromatic carbocycles. The molecule has 2 heterocycles. The SMILES string of the molecule is CCOC(=O)c1ccc(N2C(=O)C[C@H]3CS(=O)(=O)C[C@@H]32)cc1. The van der Waals surface area contributed by atoms with E-state index in [1.54, 1.807) is 36.1 Å². The van der Waals surface area contributed by atoms with Crippen molar-refractivity contribution in [1.29, 1.82) is 0 Å². The second-order valence-corrected chi connectivity index (χ2v) is 7.79. The Hall–Kier alpha value is -1.89. The maximum absolute atomic E-state index is 12.2. The number of rotatable bonds is 3. The molecule has 0 radical (unpaired) electrons. The zero-order valence-electron chi connectivity index (χ0n) is 12.2. The fourth-order valence-corrected chi connectivity index (χ4v) is 5.27. The minimum atomic E-state index is -3.07. The van der Waals surface area contributed by atoms with Crippen LogP contribution in [0.5, 0.6) is 0 Å². The van der Waals surface area contributed by atoms with Gasteiger partial charge in [0, 0.05) is 18.0 Å². The first kappa shape index (κ1) is 15.0. The molecule has 118 valence electrons. The molecule has 2 saturated heterocycles. The Morgan fingerprint density at radius 1 is 1.27 bits per heavy atom. The lowest BCUT2D eigenvalue weighted by Gasteiger charge is -2.23. The van der Waals surface area contributed by atoms with Gasteiger partial charge in [-0.1, -0.05) is 0 Å². The molecule has 22 heavy (non-hydrogen) atoms. The third-order valence-corrected chi connectivity index (χ3v) is 5.92. The predicted molar refractivity (Wildman–Crippen MR) is 80.4 cm³/mol. The summed E-state index contributed by atoms with van der Waals surface area (Å²) in [6.45, 7) is 2.03. The maximum atomic E-state index is 12.2. The number of hydrogen-bond donors (Lipinski definition) is 0. The number of carbonyl (C=O) groups excluding carboxylic acids is 2. The second-order valence-electron chi connectivity index (χ2n) is 5.64. The zero-order chi connectivity index (χ0) is 15.9. The van der Waals surface area contributed by atoms with Crippen LogP contribution in [0.15, 0.2) is 24.3 Å². The van der Waals surface area contributed by atoms with Gasteiger partial charge in [0.05, 0.1) is 29.7 Å². The van der Waals surface area contributed by atoms with Crippen LogP contribution in [-0.2, 0) is 19.4 Å². The highest BCUT2D eigenvalue weighted by atomic mass is 32.2. The second kappa shape index (κ2) is 5.39. The monoisotopic (exact) mass is 323 g/mol. The van der Waals surface area contributed by atoms with Crippen molar-refractivity contribution in [2.45, 2.75) is 19.4 Å². The van der Waals surface area contributed by atoms with Crippen molar-refractivity contribution in [3.8, 4) is 0 Å². The Bertz CT molecular complexity index is 710. The van der Waals surface area contributed by atoms with Crippen LogP contribution < -0.4 is 4.90 Å². The summed E-state index contributed by atoms with van der Waals surface area (Å²) < 4.78 is 28.4. The summed E-state index contributed by atoms with van der Waals surface area (Å²) in [6.07, 6.45) is 0.267. The van der Waals surface area contributed by atoms with Crippen molar-refractivity contribution >= 4 is 27.4 Å². The van der Waals surface area contributed by atoms with Crippen LogP contribution in [0, 0.1) is 5.92 Å². The molecule has 0 unspecified atom stereocenters. The molecule has 0 N–H and O–H groups in total. The van der Waals surface area contributed by atoms with E-state index in [2.05, 4.69) is 0 Å². The molecule has 0 aliphatic carbocycles. The van der Waals surface area contributed by atoms with E-state index in [4.69, 9.17) is 4.74 Å². The van der Waals surface area contributed by atoms with Crippen molar-refractivity contribution in [3.63, 3.8) is 0 Å². The van der Waals surface area contributed by atoms with Gasteiger partial charge in [-0.25, -0.2) is 13.2 Å². The van der Waals surface area contributed by atoms with Gasteiger partial charge in [-0.2, -0.15) is 0 Å². The standard InChI is InChI=1S/C15H17NO5S/c1-2-21-15(18)10-3-5-12(6-4-10)16-13-9-22(19,20)8-11(13)7-14(16)17/h3-6,11,13H,2,7-9H2,1H3/t11-,13-/m0/s1. The van der Waals surface area contributed by atoms with Crippen molar-refractivity contribution in [3.05, 3.63) is 29.8 Å². The lowest BCUT2D eigenvalue weighted by Crippen LogP contribution is -2.36. The fraction of sp³-hybridized carbons (Fsp3) is 0.467. The summed E-state index contributed by atoms with van der Waals surface area (Å²) in [7, 11) is -3.07. The summed E-state index contributed by atoms with van der Waals surface area (Å²) in [5.41, 5.74) is 1.04. The van der Waals surface area contributed by atoms with E-state index in [1.807, 2.05) is 0 Å². The Labute approximate surface area is 129 Å². The number of fused-ring (bicyclic) bond motifs is 1. The highest BCUT2D eigenvalue weighted by molar-refractivity contribution is 7.91. The van der Waals surface area contributed by atoms with Crippen LogP contribution in [0.3, 0.4) is 0 Å². The summed E-state index contributed by atoms with van der Waals surface area (Å²) in [5.74, 6) is -0.497. The normalized spacial score (nSPS) is 26.0. The average Bonchev–Trinajstić information content (AvgIpc) is 2.89. The molecule has 0 spiro atoms. The number of amides is 1. The topological polar surface area (TPSA) is 80.8 Å². The molecular formula is C15H17NO5S. The van der Waals surface area contributed by atoms with Gasteiger partial charge in [-0.05, 0) is 31.2 Å². The van der Waals surface area contributed by atoms with Crippen molar-refractivity contribution < 1.29 is 22.7 Å². The van der Waals surface area contributed by atoms with Crippen molar-refractivity contribution in [2.75, 3.05) is 23.0 Å². The van der Waals surface area contributed by atoms with Gasteiger partial charge >= 0.3 is 5.97 Å². The van der Waals surface area contributed by atoms with Gasteiger partial charge in [0.1, 0.15) is 0 Å². The van der Waals surface area contributed by atoms with Gasteiger partial charge in [0.25, 0.3) is 0 Å². The number of sulfone groups is 1. The molecule has 7 heteroatoms. The first-order chi connectivity index (χ1) is 10.4. The molecule has 2 atom stereocenters. The molecule has 2 fully saturated rings. The smallest absolute Gasteiger partial charge is 0.338 e. The molecule has 2 aliphatic heterocycles. The third-order valence-electron chi connectivity index (χ3n) is 4.13. The summed E-state index contributed by atoms with van der Waals surface area (Å²) in [6, 6.07) is 6.23. The van der Waals surface area contributed by atoms with Crippen LogP contribution in [0.25, 0.3) is 0 Å². The number of anilines is 1. The lowest BCUT2D eigenvalue weighted by atomic mass is 10.0. The first-order valence-corrected chi connectivity index (χ1v) is 9.03.